The van der Waals surface area contributed by atoms with E-state index in [1.807, 2.05) is 42.5 Å². The van der Waals surface area contributed by atoms with Crippen LogP contribution in [-0.4, -0.2) is 23.1 Å². The number of imide groups is 1. The highest BCUT2D eigenvalue weighted by Gasteiger charge is 2.42. The molecule has 2 atom stereocenters. The number of alkyl carbamates (subject to hydrolysis) is 1. The lowest BCUT2D eigenvalue weighted by atomic mass is 9.95. The van der Waals surface area contributed by atoms with Crippen LogP contribution in [0, 0.1) is 0 Å². The first-order chi connectivity index (χ1) is 13.6. The van der Waals surface area contributed by atoms with E-state index < -0.39 is 12.2 Å². The van der Waals surface area contributed by atoms with Crippen molar-refractivity contribution in [1.29, 1.82) is 0 Å². The Morgan fingerprint density at radius 1 is 1.14 bits per heavy atom. The van der Waals surface area contributed by atoms with Crippen LogP contribution in [0.5, 0.6) is 11.6 Å². The molecule has 0 unspecified atom stereocenters. The first-order valence-electron chi connectivity index (χ1n) is 9.05. The minimum atomic E-state index is -0.761. The van der Waals surface area contributed by atoms with E-state index in [1.165, 1.54) is 0 Å². The molecule has 7 heteroatoms. The van der Waals surface area contributed by atoms with E-state index in [9.17, 15) is 9.59 Å². The van der Waals surface area contributed by atoms with Crippen LogP contribution in [0.4, 0.5) is 10.5 Å². The number of nitrogens with one attached hydrogen (secondary N) is 1. The molecule has 1 aliphatic carbocycles. The SMILES string of the molecule is Nc1cnc(Oc2ccc3c(c2)CC[C@H]3[C@@H]2OC(=O)NC2=O)c2ccccc12. The number of carbonyl (C=O) groups is 2. The van der Waals surface area contributed by atoms with Crippen LogP contribution < -0.4 is 15.8 Å². The molecule has 3 N–H and O–H groups in total. The Labute approximate surface area is 160 Å². The molecule has 1 saturated heterocycles. The number of benzene rings is 2. The normalized spacial score (nSPS) is 20.7. The van der Waals surface area contributed by atoms with Crippen molar-refractivity contribution in [2.24, 2.45) is 0 Å². The van der Waals surface area contributed by atoms with Crippen LogP contribution in [0.3, 0.4) is 0 Å². The summed E-state index contributed by atoms with van der Waals surface area (Å²) in [5.41, 5.74) is 8.70. The van der Waals surface area contributed by atoms with Gasteiger partial charge in [0.25, 0.3) is 5.91 Å². The maximum Gasteiger partial charge on any atom is 0.414 e. The molecule has 0 saturated carbocycles. The van der Waals surface area contributed by atoms with Crippen LogP contribution in [0.15, 0.2) is 48.7 Å². The van der Waals surface area contributed by atoms with E-state index in [0.29, 0.717) is 17.3 Å². The number of aromatic nitrogens is 1. The minimum absolute atomic E-state index is 0.133. The van der Waals surface area contributed by atoms with Crippen molar-refractivity contribution < 1.29 is 19.1 Å². The molecule has 0 radical (unpaired) electrons. The number of anilines is 1. The van der Waals surface area contributed by atoms with Gasteiger partial charge < -0.3 is 15.2 Å². The summed E-state index contributed by atoms with van der Waals surface area (Å²) in [5, 5.41) is 3.93. The number of cyclic esters (lactones) is 1. The molecule has 28 heavy (non-hydrogen) atoms. The number of nitrogen functional groups attached to an aromatic ring is 1. The number of carbonyl (C=O) groups excluding carboxylic acids is 2. The van der Waals surface area contributed by atoms with E-state index in [-0.39, 0.29) is 11.8 Å². The zero-order chi connectivity index (χ0) is 19.3. The largest absolute Gasteiger partial charge is 0.438 e. The number of fused-ring (bicyclic) bond motifs is 2. The molecule has 5 rings (SSSR count). The van der Waals surface area contributed by atoms with Crippen LogP contribution >= 0.6 is 0 Å². The van der Waals surface area contributed by atoms with Gasteiger partial charge in [0, 0.05) is 16.7 Å². The van der Waals surface area contributed by atoms with Gasteiger partial charge in [-0.25, -0.2) is 9.78 Å². The van der Waals surface area contributed by atoms with Crippen molar-refractivity contribution in [1.82, 2.24) is 10.3 Å². The molecule has 1 aliphatic heterocycles. The van der Waals surface area contributed by atoms with Crippen molar-refractivity contribution >= 4 is 28.5 Å². The van der Waals surface area contributed by atoms with Gasteiger partial charge in [-0.15, -0.1) is 0 Å². The fourth-order valence-electron chi connectivity index (χ4n) is 4.02. The average molecular weight is 375 g/mol. The number of amides is 2. The summed E-state index contributed by atoms with van der Waals surface area (Å²) in [6.07, 6.45) is 1.68. The molecule has 0 bridgehead atoms. The smallest absolute Gasteiger partial charge is 0.414 e. The topological polar surface area (TPSA) is 104 Å². The summed E-state index contributed by atoms with van der Waals surface area (Å²) >= 11 is 0. The average Bonchev–Trinajstić information content (AvgIpc) is 3.26. The Balaban J connectivity index is 1.45. The highest BCUT2D eigenvalue weighted by atomic mass is 16.6. The molecule has 2 aliphatic rings. The number of nitrogens with two attached hydrogens (primary N) is 1. The molecule has 2 aromatic carbocycles. The Hall–Kier alpha value is -3.61. The van der Waals surface area contributed by atoms with E-state index in [1.54, 1.807) is 6.20 Å². The molecule has 0 spiro atoms. The summed E-state index contributed by atoms with van der Waals surface area (Å²) < 4.78 is 11.2. The monoisotopic (exact) mass is 375 g/mol. The Kier molecular flexibility index (Phi) is 3.68. The summed E-state index contributed by atoms with van der Waals surface area (Å²) in [6, 6.07) is 13.4. The molecule has 3 aromatic rings. The molecule has 2 amide bonds. The van der Waals surface area contributed by atoms with Crippen molar-refractivity contribution in [2.75, 3.05) is 5.73 Å². The fraction of sp³-hybridized carbons (Fsp3) is 0.190. The molecular formula is C21H17N3O4. The van der Waals surface area contributed by atoms with Gasteiger partial charge in [0.1, 0.15) is 5.75 Å². The first-order valence-corrected chi connectivity index (χ1v) is 9.05. The quantitative estimate of drug-likeness (QED) is 0.728. The van der Waals surface area contributed by atoms with E-state index in [0.717, 1.165) is 34.7 Å². The number of hydrogen-bond acceptors (Lipinski definition) is 6. The van der Waals surface area contributed by atoms with E-state index in [4.69, 9.17) is 15.2 Å². The molecular weight excluding hydrogens is 358 g/mol. The second kappa shape index (κ2) is 6.23. The molecule has 7 nitrogen and oxygen atoms in total. The minimum Gasteiger partial charge on any atom is -0.438 e. The molecule has 1 fully saturated rings. The van der Waals surface area contributed by atoms with Gasteiger partial charge in [-0.05, 0) is 42.2 Å². The standard InChI is InChI=1S/C21H17N3O4/c22-17-10-23-20(16-4-2-1-3-14(16)17)27-12-6-8-13-11(9-12)5-7-15(13)18-19(25)24-21(26)28-18/h1-4,6,8-10,15,18H,5,7,22H2,(H,24,25,26)/t15-,18+/m1/s1. The van der Waals surface area contributed by atoms with Crippen molar-refractivity contribution in [2.45, 2.75) is 24.9 Å². The Bertz CT molecular complexity index is 1130. The lowest BCUT2D eigenvalue weighted by molar-refractivity contribution is -0.124. The first kappa shape index (κ1) is 16.6. The number of aryl methyl sites for hydroxylation is 1. The highest BCUT2D eigenvalue weighted by Crippen LogP contribution is 2.40. The van der Waals surface area contributed by atoms with Gasteiger partial charge in [-0.1, -0.05) is 24.3 Å². The molecule has 2 heterocycles. The molecule has 140 valence electrons. The number of rotatable bonds is 3. The zero-order valence-corrected chi connectivity index (χ0v) is 14.8. The van der Waals surface area contributed by atoms with Crippen LogP contribution in [0.2, 0.25) is 0 Å². The maximum absolute atomic E-state index is 11.9. The second-order valence-corrected chi connectivity index (χ2v) is 6.99. The van der Waals surface area contributed by atoms with Gasteiger partial charge >= 0.3 is 6.09 Å². The van der Waals surface area contributed by atoms with Gasteiger partial charge in [0.2, 0.25) is 5.88 Å². The summed E-state index contributed by atoms with van der Waals surface area (Å²) in [4.78, 5) is 27.6. The maximum atomic E-state index is 11.9. The van der Waals surface area contributed by atoms with Crippen molar-refractivity contribution in [3.8, 4) is 11.6 Å². The predicted octanol–water partition coefficient (Wildman–Crippen LogP) is 3.27. The van der Waals surface area contributed by atoms with Crippen LogP contribution in [0.1, 0.15) is 23.5 Å². The second-order valence-electron chi connectivity index (χ2n) is 6.99. The summed E-state index contributed by atoms with van der Waals surface area (Å²) in [5.74, 6) is 0.643. The highest BCUT2D eigenvalue weighted by molar-refractivity contribution is 6.00. The summed E-state index contributed by atoms with van der Waals surface area (Å²) in [6.45, 7) is 0. The molecule has 1 aromatic heterocycles. The van der Waals surface area contributed by atoms with Gasteiger partial charge in [0.15, 0.2) is 6.10 Å². The number of nitrogens with zero attached hydrogens (tertiary/aromatic N) is 1. The third-order valence-corrected chi connectivity index (χ3v) is 5.33. The van der Waals surface area contributed by atoms with Crippen LogP contribution in [0.25, 0.3) is 10.8 Å². The van der Waals surface area contributed by atoms with E-state index in [2.05, 4.69) is 10.3 Å². The third-order valence-electron chi connectivity index (χ3n) is 5.33. The lowest BCUT2D eigenvalue weighted by Crippen LogP contribution is -2.28. The fourth-order valence-corrected chi connectivity index (χ4v) is 4.02. The van der Waals surface area contributed by atoms with Crippen molar-refractivity contribution in [3.05, 3.63) is 59.8 Å². The van der Waals surface area contributed by atoms with Gasteiger partial charge in [0.05, 0.1) is 11.9 Å². The summed E-state index contributed by atoms with van der Waals surface area (Å²) in [7, 11) is 0. The predicted molar refractivity (Wildman–Crippen MR) is 102 cm³/mol. The Morgan fingerprint density at radius 3 is 2.75 bits per heavy atom. The number of pyridine rings is 1. The lowest BCUT2D eigenvalue weighted by Gasteiger charge is -2.16. The van der Waals surface area contributed by atoms with Gasteiger partial charge in [-0.3, -0.25) is 10.1 Å². The van der Waals surface area contributed by atoms with Crippen molar-refractivity contribution in [3.63, 3.8) is 0 Å². The van der Waals surface area contributed by atoms with Gasteiger partial charge in [-0.2, -0.15) is 0 Å². The third kappa shape index (κ3) is 2.63. The Morgan fingerprint density at radius 2 is 1.96 bits per heavy atom. The van der Waals surface area contributed by atoms with E-state index >= 15 is 0 Å². The zero-order valence-electron chi connectivity index (χ0n) is 14.8. The van der Waals surface area contributed by atoms with Crippen LogP contribution in [-0.2, 0) is 16.0 Å². The number of hydrogen-bond donors (Lipinski definition) is 2. The number of ether oxygens (including phenoxy) is 2.